The second kappa shape index (κ2) is 3.91. The van der Waals surface area contributed by atoms with Gasteiger partial charge in [0.1, 0.15) is 5.82 Å². The van der Waals surface area contributed by atoms with Crippen molar-refractivity contribution in [2.75, 3.05) is 11.9 Å². The fourth-order valence-corrected chi connectivity index (χ4v) is 1.18. The van der Waals surface area contributed by atoms with Crippen molar-refractivity contribution in [1.82, 2.24) is 9.97 Å². The molecule has 4 nitrogen and oxygen atoms in total. The maximum Gasteiger partial charge on any atom is 0.145 e. The van der Waals surface area contributed by atoms with E-state index in [0.717, 1.165) is 23.6 Å². The first-order valence-electron chi connectivity index (χ1n) is 4.48. The first-order valence-corrected chi connectivity index (χ1v) is 4.48. The highest BCUT2D eigenvalue weighted by Gasteiger charge is 2.01. The number of nitrogens with zero attached hydrogens (tertiary/aromatic N) is 2. The van der Waals surface area contributed by atoms with Crippen LogP contribution in [-0.2, 0) is 0 Å². The van der Waals surface area contributed by atoms with Gasteiger partial charge in [-0.05, 0) is 13.0 Å². The van der Waals surface area contributed by atoms with Gasteiger partial charge in [-0.1, -0.05) is 0 Å². The summed E-state index contributed by atoms with van der Waals surface area (Å²) in [6, 6.07) is 1.86. The topological polar surface area (TPSA) is 51.0 Å². The molecule has 0 spiro atoms. The number of hydrogen-bond acceptors (Lipinski definition) is 4. The van der Waals surface area contributed by atoms with Crippen molar-refractivity contribution >= 4 is 5.82 Å². The van der Waals surface area contributed by atoms with Crippen molar-refractivity contribution < 1.29 is 4.42 Å². The van der Waals surface area contributed by atoms with Crippen LogP contribution in [0.2, 0.25) is 0 Å². The Morgan fingerprint density at radius 1 is 1.43 bits per heavy atom. The molecule has 0 saturated heterocycles. The van der Waals surface area contributed by atoms with E-state index in [0.29, 0.717) is 0 Å². The molecule has 0 aromatic carbocycles. The summed E-state index contributed by atoms with van der Waals surface area (Å²) in [5, 5.41) is 3.11. The number of anilines is 1. The largest absolute Gasteiger partial charge is 0.472 e. The number of aromatic nitrogens is 2. The Hall–Kier alpha value is -1.84. The Bertz CT molecular complexity index is 398. The molecule has 0 bridgehead atoms. The molecule has 0 radical (unpaired) electrons. The van der Waals surface area contributed by atoms with Gasteiger partial charge >= 0.3 is 0 Å². The Labute approximate surface area is 82.0 Å². The molecule has 0 amide bonds. The van der Waals surface area contributed by atoms with Gasteiger partial charge in [0.05, 0.1) is 30.6 Å². The first-order chi connectivity index (χ1) is 6.90. The molecule has 72 valence electrons. The van der Waals surface area contributed by atoms with Crippen molar-refractivity contribution in [3.05, 3.63) is 31.0 Å². The quantitative estimate of drug-likeness (QED) is 0.803. The van der Waals surface area contributed by atoms with Crippen LogP contribution in [0.5, 0.6) is 0 Å². The van der Waals surface area contributed by atoms with Crippen molar-refractivity contribution in [1.29, 1.82) is 0 Å². The van der Waals surface area contributed by atoms with Gasteiger partial charge in [0, 0.05) is 12.1 Å². The number of nitrogens with one attached hydrogen (secondary N) is 1. The van der Waals surface area contributed by atoms with Crippen LogP contribution >= 0.6 is 0 Å². The minimum Gasteiger partial charge on any atom is -0.472 e. The molecule has 2 aromatic heterocycles. The first kappa shape index (κ1) is 8.74. The van der Waals surface area contributed by atoms with E-state index < -0.39 is 0 Å². The second-order valence-corrected chi connectivity index (χ2v) is 2.83. The van der Waals surface area contributed by atoms with Gasteiger partial charge in [-0.15, -0.1) is 0 Å². The SMILES string of the molecule is CCNc1cncc(-c2ccoc2)n1. The monoisotopic (exact) mass is 189 g/mol. The fourth-order valence-electron chi connectivity index (χ4n) is 1.18. The zero-order valence-electron chi connectivity index (χ0n) is 7.90. The molecule has 0 fully saturated rings. The highest BCUT2D eigenvalue weighted by Crippen LogP contribution is 2.17. The molecule has 0 saturated carbocycles. The van der Waals surface area contributed by atoms with E-state index in [1.54, 1.807) is 24.9 Å². The molecular weight excluding hydrogens is 178 g/mol. The van der Waals surface area contributed by atoms with Gasteiger partial charge in [-0.2, -0.15) is 0 Å². The van der Waals surface area contributed by atoms with Gasteiger partial charge in [0.2, 0.25) is 0 Å². The highest BCUT2D eigenvalue weighted by molar-refractivity contribution is 5.58. The summed E-state index contributed by atoms with van der Waals surface area (Å²) in [5.41, 5.74) is 1.76. The molecule has 2 heterocycles. The van der Waals surface area contributed by atoms with Crippen LogP contribution in [0.25, 0.3) is 11.3 Å². The van der Waals surface area contributed by atoms with Crippen LogP contribution in [0, 0.1) is 0 Å². The van der Waals surface area contributed by atoms with E-state index in [-0.39, 0.29) is 0 Å². The fraction of sp³-hybridized carbons (Fsp3) is 0.200. The molecule has 4 heteroatoms. The average Bonchev–Trinajstić information content (AvgIpc) is 2.71. The standard InChI is InChI=1S/C10H11N3O/c1-2-12-10-6-11-5-9(13-10)8-3-4-14-7-8/h3-7H,2H2,1H3,(H,12,13). The van der Waals surface area contributed by atoms with Gasteiger partial charge in [0.15, 0.2) is 0 Å². The molecule has 14 heavy (non-hydrogen) atoms. The second-order valence-electron chi connectivity index (χ2n) is 2.83. The van der Waals surface area contributed by atoms with E-state index in [2.05, 4.69) is 15.3 Å². The van der Waals surface area contributed by atoms with Gasteiger partial charge in [0.25, 0.3) is 0 Å². The Morgan fingerprint density at radius 3 is 3.07 bits per heavy atom. The molecule has 1 N–H and O–H groups in total. The van der Waals surface area contributed by atoms with Gasteiger partial charge in [-0.3, -0.25) is 4.98 Å². The maximum atomic E-state index is 4.98. The van der Waals surface area contributed by atoms with Crippen molar-refractivity contribution in [2.45, 2.75) is 6.92 Å². The van der Waals surface area contributed by atoms with Crippen LogP contribution in [0.1, 0.15) is 6.92 Å². The summed E-state index contributed by atoms with van der Waals surface area (Å²) in [7, 11) is 0. The summed E-state index contributed by atoms with van der Waals surface area (Å²) >= 11 is 0. The molecule has 0 atom stereocenters. The Kier molecular flexibility index (Phi) is 2.44. The molecule has 0 aliphatic rings. The lowest BCUT2D eigenvalue weighted by Crippen LogP contribution is -2.00. The average molecular weight is 189 g/mol. The highest BCUT2D eigenvalue weighted by atomic mass is 16.3. The van der Waals surface area contributed by atoms with Crippen LogP contribution in [-0.4, -0.2) is 16.5 Å². The smallest absolute Gasteiger partial charge is 0.145 e. The lowest BCUT2D eigenvalue weighted by atomic mass is 10.2. The Morgan fingerprint density at radius 2 is 2.36 bits per heavy atom. The van der Waals surface area contributed by atoms with Crippen LogP contribution in [0.15, 0.2) is 35.4 Å². The normalized spacial score (nSPS) is 10.1. The molecule has 0 unspecified atom stereocenters. The predicted molar refractivity (Wildman–Crippen MR) is 53.9 cm³/mol. The van der Waals surface area contributed by atoms with Gasteiger partial charge < -0.3 is 9.73 Å². The van der Waals surface area contributed by atoms with E-state index >= 15 is 0 Å². The van der Waals surface area contributed by atoms with Crippen molar-refractivity contribution in [2.24, 2.45) is 0 Å². The third-order valence-electron chi connectivity index (χ3n) is 1.81. The van der Waals surface area contributed by atoms with E-state index in [9.17, 15) is 0 Å². The summed E-state index contributed by atoms with van der Waals surface area (Å²) in [6.45, 7) is 2.86. The molecule has 2 aromatic rings. The van der Waals surface area contributed by atoms with E-state index in [1.807, 2.05) is 13.0 Å². The lowest BCUT2D eigenvalue weighted by molar-refractivity contribution is 0.568. The minimum absolute atomic E-state index is 0.784. The van der Waals surface area contributed by atoms with Crippen LogP contribution in [0.4, 0.5) is 5.82 Å². The Balaban J connectivity index is 2.31. The predicted octanol–water partition coefficient (Wildman–Crippen LogP) is 2.17. The zero-order valence-corrected chi connectivity index (χ0v) is 7.90. The number of furan rings is 1. The summed E-state index contributed by atoms with van der Waals surface area (Å²) < 4.78 is 4.98. The van der Waals surface area contributed by atoms with Crippen molar-refractivity contribution in [3.63, 3.8) is 0 Å². The van der Waals surface area contributed by atoms with Crippen molar-refractivity contribution in [3.8, 4) is 11.3 Å². The van der Waals surface area contributed by atoms with Crippen LogP contribution in [0.3, 0.4) is 0 Å². The van der Waals surface area contributed by atoms with E-state index in [4.69, 9.17) is 4.42 Å². The number of hydrogen-bond donors (Lipinski definition) is 1. The molecule has 0 aliphatic heterocycles. The molecular formula is C10H11N3O. The summed E-state index contributed by atoms with van der Waals surface area (Å²) in [5.74, 6) is 0.784. The number of rotatable bonds is 3. The van der Waals surface area contributed by atoms with Crippen LogP contribution < -0.4 is 5.32 Å². The van der Waals surface area contributed by atoms with Gasteiger partial charge in [-0.25, -0.2) is 4.98 Å². The molecule has 0 aliphatic carbocycles. The summed E-state index contributed by atoms with van der Waals surface area (Å²) in [6.07, 6.45) is 6.69. The molecule has 2 rings (SSSR count). The third kappa shape index (κ3) is 1.74. The van der Waals surface area contributed by atoms with E-state index in [1.165, 1.54) is 0 Å². The lowest BCUT2D eigenvalue weighted by Gasteiger charge is -2.02. The minimum atomic E-state index is 0.784. The maximum absolute atomic E-state index is 4.98. The third-order valence-corrected chi connectivity index (χ3v) is 1.81. The zero-order chi connectivity index (χ0) is 9.80. The summed E-state index contributed by atoms with van der Waals surface area (Å²) in [4.78, 5) is 8.46.